The lowest BCUT2D eigenvalue weighted by molar-refractivity contribution is -0.137. The van der Waals surface area contributed by atoms with Gasteiger partial charge in [-0.05, 0) is 42.5 Å². The maximum Gasteiger partial charge on any atom is 0.417 e. The van der Waals surface area contributed by atoms with Crippen LogP contribution in [0.15, 0.2) is 46.9 Å². The lowest BCUT2D eigenvalue weighted by Gasteiger charge is -2.09. The highest BCUT2D eigenvalue weighted by atomic mass is 79.9. The molecular formula is C16H10BrF3N2O3. The Kier molecular flexibility index (Phi) is 4.42. The number of imidazole rings is 1. The number of aromatic nitrogens is 2. The lowest BCUT2D eigenvalue weighted by atomic mass is 10.2. The second kappa shape index (κ2) is 6.40. The summed E-state index contributed by atoms with van der Waals surface area (Å²) in [6, 6.07) is 9.09. The molecule has 130 valence electrons. The highest BCUT2D eigenvalue weighted by Gasteiger charge is 2.30. The number of fused-ring (bicyclic) bond motifs is 1. The third-order valence-corrected chi connectivity index (χ3v) is 3.92. The van der Waals surface area contributed by atoms with Gasteiger partial charge in [-0.1, -0.05) is 15.9 Å². The van der Waals surface area contributed by atoms with Gasteiger partial charge in [-0.15, -0.1) is 0 Å². The molecule has 0 atom stereocenters. The van der Waals surface area contributed by atoms with Gasteiger partial charge >= 0.3 is 12.3 Å². The van der Waals surface area contributed by atoms with Crippen LogP contribution < -0.4 is 4.74 Å². The van der Waals surface area contributed by atoms with E-state index in [0.29, 0.717) is 11.0 Å². The highest BCUT2D eigenvalue weighted by molar-refractivity contribution is 9.10. The molecule has 2 aromatic carbocycles. The predicted octanol–water partition coefficient (Wildman–Crippen LogP) is 4.92. The molecule has 5 nitrogen and oxygen atoms in total. The molecule has 0 aliphatic heterocycles. The average Bonchev–Trinajstić information content (AvgIpc) is 2.90. The zero-order valence-electron chi connectivity index (χ0n) is 12.4. The average molecular weight is 415 g/mol. The summed E-state index contributed by atoms with van der Waals surface area (Å²) in [4.78, 5) is 15.7. The van der Waals surface area contributed by atoms with Crippen molar-refractivity contribution in [2.75, 3.05) is 0 Å². The van der Waals surface area contributed by atoms with Gasteiger partial charge in [0.05, 0.1) is 16.6 Å². The molecule has 0 fully saturated rings. The molecule has 0 amide bonds. The van der Waals surface area contributed by atoms with Gasteiger partial charge in [0.1, 0.15) is 12.4 Å². The number of nitrogens with zero attached hydrogens (tertiary/aromatic N) is 2. The molecule has 0 radical (unpaired) electrons. The summed E-state index contributed by atoms with van der Waals surface area (Å²) >= 11 is 3.28. The molecule has 9 heteroatoms. The molecule has 0 bridgehead atoms. The van der Waals surface area contributed by atoms with E-state index in [2.05, 4.69) is 20.9 Å². The van der Waals surface area contributed by atoms with Crippen molar-refractivity contribution in [3.8, 4) is 5.75 Å². The van der Waals surface area contributed by atoms with Crippen molar-refractivity contribution in [2.24, 2.45) is 0 Å². The number of carbonyl (C=O) groups is 1. The Hall–Kier alpha value is -2.55. The molecule has 25 heavy (non-hydrogen) atoms. The first-order chi connectivity index (χ1) is 11.8. The molecule has 0 saturated carbocycles. The minimum Gasteiger partial charge on any atom is -0.486 e. The van der Waals surface area contributed by atoms with E-state index < -0.39 is 17.8 Å². The largest absolute Gasteiger partial charge is 0.486 e. The van der Waals surface area contributed by atoms with Gasteiger partial charge in [0, 0.05) is 4.47 Å². The Morgan fingerprint density at radius 2 is 1.88 bits per heavy atom. The van der Waals surface area contributed by atoms with Crippen molar-refractivity contribution in [1.82, 2.24) is 9.55 Å². The Morgan fingerprint density at radius 3 is 2.48 bits per heavy atom. The van der Waals surface area contributed by atoms with Crippen LogP contribution in [-0.2, 0) is 12.8 Å². The number of alkyl halides is 3. The summed E-state index contributed by atoms with van der Waals surface area (Å²) in [7, 11) is 0. The van der Waals surface area contributed by atoms with Crippen molar-refractivity contribution in [1.29, 1.82) is 0 Å². The van der Waals surface area contributed by atoms with E-state index in [0.717, 1.165) is 21.2 Å². The second-order valence-electron chi connectivity index (χ2n) is 5.09. The molecule has 1 aromatic heterocycles. The SMILES string of the molecule is O=C(O)n1c(COc2ccc(C(F)(F)F)cc2)nc2cc(Br)ccc21. The molecule has 3 aromatic rings. The van der Waals surface area contributed by atoms with Crippen LogP contribution >= 0.6 is 15.9 Å². The molecule has 0 aliphatic rings. The number of ether oxygens (including phenoxy) is 1. The van der Waals surface area contributed by atoms with Gasteiger partial charge in [0.2, 0.25) is 0 Å². The van der Waals surface area contributed by atoms with Crippen molar-refractivity contribution < 1.29 is 27.8 Å². The third kappa shape index (κ3) is 3.60. The fourth-order valence-electron chi connectivity index (χ4n) is 2.30. The molecule has 1 N–H and O–H groups in total. The summed E-state index contributed by atoms with van der Waals surface area (Å²) in [6.45, 7) is -0.204. The number of benzene rings is 2. The number of hydrogen-bond acceptors (Lipinski definition) is 3. The zero-order chi connectivity index (χ0) is 18.2. The van der Waals surface area contributed by atoms with Gasteiger partial charge in [-0.3, -0.25) is 0 Å². The fourth-order valence-corrected chi connectivity index (χ4v) is 2.65. The number of halogens is 4. The predicted molar refractivity (Wildman–Crippen MR) is 86.6 cm³/mol. The van der Waals surface area contributed by atoms with Gasteiger partial charge < -0.3 is 9.84 Å². The van der Waals surface area contributed by atoms with Gasteiger partial charge in [-0.25, -0.2) is 14.3 Å². The maximum absolute atomic E-state index is 12.5. The van der Waals surface area contributed by atoms with Crippen LogP contribution in [-0.4, -0.2) is 20.8 Å². The number of hydrogen-bond donors (Lipinski definition) is 1. The zero-order valence-corrected chi connectivity index (χ0v) is 14.0. The Balaban J connectivity index is 1.85. The maximum atomic E-state index is 12.5. The van der Waals surface area contributed by atoms with E-state index in [4.69, 9.17) is 4.74 Å². The van der Waals surface area contributed by atoms with E-state index in [1.165, 1.54) is 12.1 Å². The molecule has 0 aliphatic carbocycles. The van der Waals surface area contributed by atoms with Crippen LogP contribution in [0.4, 0.5) is 18.0 Å². The molecule has 0 unspecified atom stereocenters. The summed E-state index contributed by atoms with van der Waals surface area (Å²) in [5.41, 5.74) is 0.0620. The van der Waals surface area contributed by atoms with E-state index in [1.807, 2.05) is 0 Å². The first-order valence-electron chi connectivity index (χ1n) is 6.96. The van der Waals surface area contributed by atoms with Crippen LogP contribution in [0.5, 0.6) is 5.75 Å². The van der Waals surface area contributed by atoms with Crippen LogP contribution in [0, 0.1) is 0 Å². The van der Waals surface area contributed by atoms with Gasteiger partial charge in [0.15, 0.2) is 5.82 Å². The number of carboxylic acid groups (broad SMARTS) is 1. The fraction of sp³-hybridized carbons (Fsp3) is 0.125. The van der Waals surface area contributed by atoms with E-state index in [1.54, 1.807) is 18.2 Å². The highest BCUT2D eigenvalue weighted by Crippen LogP contribution is 2.30. The van der Waals surface area contributed by atoms with Gasteiger partial charge in [0.25, 0.3) is 0 Å². The molecule has 3 rings (SSSR count). The van der Waals surface area contributed by atoms with E-state index in [9.17, 15) is 23.1 Å². The quantitative estimate of drug-likeness (QED) is 0.660. The third-order valence-electron chi connectivity index (χ3n) is 3.43. The minimum atomic E-state index is -4.43. The normalized spacial score (nSPS) is 11.7. The van der Waals surface area contributed by atoms with Crippen molar-refractivity contribution in [2.45, 2.75) is 12.8 Å². The first-order valence-corrected chi connectivity index (χ1v) is 7.75. The van der Waals surface area contributed by atoms with Crippen LogP contribution in [0.25, 0.3) is 11.0 Å². The Bertz CT molecular complexity index is 936. The molecule has 0 saturated heterocycles. The van der Waals surface area contributed by atoms with Crippen LogP contribution in [0.2, 0.25) is 0 Å². The van der Waals surface area contributed by atoms with Crippen molar-refractivity contribution >= 4 is 33.1 Å². The smallest absolute Gasteiger partial charge is 0.417 e. The first kappa shape index (κ1) is 17.3. The van der Waals surface area contributed by atoms with E-state index >= 15 is 0 Å². The molecular weight excluding hydrogens is 405 g/mol. The minimum absolute atomic E-state index is 0.125. The molecule has 0 spiro atoms. The summed E-state index contributed by atoms with van der Waals surface area (Å²) in [5.74, 6) is 0.304. The lowest BCUT2D eigenvalue weighted by Crippen LogP contribution is -2.14. The topological polar surface area (TPSA) is 64.3 Å². The standard InChI is InChI=1S/C16H10BrF3N2O3/c17-10-3-6-13-12(7-10)21-14(22(13)15(23)24)8-25-11-4-1-9(2-5-11)16(18,19)20/h1-7H,8H2,(H,23,24). The monoisotopic (exact) mass is 414 g/mol. The Labute approximate surface area is 147 Å². The Morgan fingerprint density at radius 1 is 1.20 bits per heavy atom. The summed E-state index contributed by atoms with van der Waals surface area (Å²) < 4.78 is 44.7. The summed E-state index contributed by atoms with van der Waals surface area (Å²) in [6.07, 6.45) is -5.65. The summed E-state index contributed by atoms with van der Waals surface area (Å²) in [5, 5.41) is 9.38. The van der Waals surface area contributed by atoms with Crippen LogP contribution in [0.1, 0.15) is 11.4 Å². The second-order valence-corrected chi connectivity index (χ2v) is 6.01. The van der Waals surface area contributed by atoms with Gasteiger partial charge in [-0.2, -0.15) is 13.2 Å². The van der Waals surface area contributed by atoms with E-state index in [-0.39, 0.29) is 18.2 Å². The van der Waals surface area contributed by atoms with Crippen molar-refractivity contribution in [3.63, 3.8) is 0 Å². The number of rotatable bonds is 3. The van der Waals surface area contributed by atoms with Crippen LogP contribution in [0.3, 0.4) is 0 Å². The van der Waals surface area contributed by atoms with Crippen molar-refractivity contribution in [3.05, 3.63) is 58.3 Å². The molecule has 1 heterocycles.